The van der Waals surface area contributed by atoms with Gasteiger partial charge in [0.05, 0.1) is 0 Å². The summed E-state index contributed by atoms with van der Waals surface area (Å²) in [5, 5.41) is 3.51. The zero-order valence-electron chi connectivity index (χ0n) is 12.0. The molecule has 0 aliphatic carbocycles. The van der Waals surface area contributed by atoms with Crippen molar-refractivity contribution in [1.29, 1.82) is 0 Å². The fourth-order valence-corrected chi connectivity index (χ4v) is 3.37. The van der Waals surface area contributed by atoms with Gasteiger partial charge in [-0.15, -0.1) is 0 Å². The number of piperazine rings is 1. The van der Waals surface area contributed by atoms with Gasteiger partial charge >= 0.3 is 0 Å². The van der Waals surface area contributed by atoms with Crippen molar-refractivity contribution in [3.05, 3.63) is 0 Å². The molecule has 0 saturated carbocycles. The Morgan fingerprint density at radius 3 is 2.71 bits per heavy atom. The van der Waals surface area contributed by atoms with Gasteiger partial charge in [-0.1, -0.05) is 20.8 Å². The van der Waals surface area contributed by atoms with Crippen LogP contribution >= 0.6 is 0 Å². The zero-order valence-corrected chi connectivity index (χ0v) is 12.0. The Morgan fingerprint density at radius 1 is 1.35 bits per heavy atom. The monoisotopic (exact) mass is 239 g/mol. The molecule has 0 aromatic carbocycles. The maximum absolute atomic E-state index is 3.51. The zero-order chi connectivity index (χ0) is 12.5. The quantitative estimate of drug-likeness (QED) is 0.800. The minimum atomic E-state index is 0.511. The van der Waals surface area contributed by atoms with Gasteiger partial charge in [0, 0.05) is 38.8 Å². The molecule has 2 fully saturated rings. The normalized spacial score (nSPS) is 36.9. The van der Waals surface area contributed by atoms with Crippen LogP contribution < -0.4 is 5.32 Å². The second-order valence-electron chi connectivity index (χ2n) is 6.76. The van der Waals surface area contributed by atoms with Crippen molar-refractivity contribution in [3.63, 3.8) is 0 Å². The van der Waals surface area contributed by atoms with Crippen LogP contribution in [-0.2, 0) is 0 Å². The minimum Gasteiger partial charge on any atom is -0.316 e. The van der Waals surface area contributed by atoms with E-state index >= 15 is 0 Å². The third kappa shape index (κ3) is 3.21. The topological polar surface area (TPSA) is 18.5 Å². The third-order valence-corrected chi connectivity index (χ3v) is 4.61. The number of hydrogen-bond acceptors (Lipinski definition) is 3. The lowest BCUT2D eigenvalue weighted by molar-refractivity contribution is 0.0479. The van der Waals surface area contributed by atoms with Gasteiger partial charge in [0.15, 0.2) is 0 Å². The average molecular weight is 239 g/mol. The molecule has 2 unspecified atom stereocenters. The van der Waals surface area contributed by atoms with Gasteiger partial charge in [0.1, 0.15) is 0 Å². The van der Waals surface area contributed by atoms with E-state index in [0.29, 0.717) is 5.41 Å². The molecule has 2 rings (SSSR count). The lowest BCUT2D eigenvalue weighted by Gasteiger charge is -2.44. The molecule has 0 aromatic heterocycles. The van der Waals surface area contributed by atoms with E-state index in [4.69, 9.17) is 0 Å². The van der Waals surface area contributed by atoms with Gasteiger partial charge in [-0.05, 0) is 31.3 Å². The highest BCUT2D eigenvalue weighted by Gasteiger charge is 2.34. The van der Waals surface area contributed by atoms with E-state index in [9.17, 15) is 0 Å². The second kappa shape index (κ2) is 5.25. The molecular formula is C14H29N3. The molecule has 2 heterocycles. The van der Waals surface area contributed by atoms with Crippen molar-refractivity contribution in [2.45, 2.75) is 33.2 Å². The van der Waals surface area contributed by atoms with Crippen molar-refractivity contribution < 1.29 is 0 Å². The molecule has 2 aliphatic rings. The van der Waals surface area contributed by atoms with Crippen LogP contribution in [0.5, 0.6) is 0 Å². The van der Waals surface area contributed by atoms with E-state index in [-0.39, 0.29) is 0 Å². The molecular weight excluding hydrogens is 210 g/mol. The van der Waals surface area contributed by atoms with Gasteiger partial charge in [-0.25, -0.2) is 0 Å². The highest BCUT2D eigenvalue weighted by Crippen LogP contribution is 2.27. The predicted molar refractivity (Wildman–Crippen MR) is 73.3 cm³/mol. The van der Waals surface area contributed by atoms with Crippen molar-refractivity contribution in [2.75, 3.05) is 46.3 Å². The molecule has 0 amide bonds. The largest absolute Gasteiger partial charge is 0.316 e. The Balaban J connectivity index is 1.89. The van der Waals surface area contributed by atoms with E-state index in [2.05, 4.69) is 42.9 Å². The molecule has 2 aliphatic heterocycles. The summed E-state index contributed by atoms with van der Waals surface area (Å²) in [4.78, 5) is 5.23. The minimum absolute atomic E-state index is 0.511. The fraction of sp³-hybridized carbons (Fsp3) is 1.00. The van der Waals surface area contributed by atoms with Crippen molar-refractivity contribution in [3.8, 4) is 0 Å². The Hall–Kier alpha value is -0.120. The first kappa shape index (κ1) is 13.3. The molecule has 1 N–H and O–H groups in total. The standard InChI is InChI=1S/C14H29N3/c1-12(2)13-9-17(8-7-16(13)4)11-14(3)5-6-15-10-14/h12-13,15H,5-11H2,1-4H3. The van der Waals surface area contributed by atoms with Crippen LogP contribution in [0.1, 0.15) is 27.2 Å². The van der Waals surface area contributed by atoms with Crippen LogP contribution in [0.2, 0.25) is 0 Å². The van der Waals surface area contributed by atoms with E-state index < -0.39 is 0 Å². The van der Waals surface area contributed by atoms with E-state index in [1.807, 2.05) is 0 Å². The molecule has 17 heavy (non-hydrogen) atoms. The number of hydrogen-bond donors (Lipinski definition) is 1. The number of nitrogens with one attached hydrogen (secondary N) is 1. The smallest absolute Gasteiger partial charge is 0.0243 e. The Morgan fingerprint density at radius 2 is 2.12 bits per heavy atom. The van der Waals surface area contributed by atoms with Crippen molar-refractivity contribution in [2.24, 2.45) is 11.3 Å². The van der Waals surface area contributed by atoms with Crippen LogP contribution in [0.25, 0.3) is 0 Å². The number of nitrogens with zero attached hydrogens (tertiary/aromatic N) is 2. The molecule has 0 spiro atoms. The maximum Gasteiger partial charge on any atom is 0.0243 e. The summed E-state index contributed by atoms with van der Waals surface area (Å²) in [6, 6.07) is 0.738. The summed E-state index contributed by atoms with van der Waals surface area (Å²) in [5.41, 5.74) is 0.511. The Labute approximate surface area is 107 Å². The highest BCUT2D eigenvalue weighted by molar-refractivity contribution is 4.90. The van der Waals surface area contributed by atoms with Gasteiger partial charge in [0.25, 0.3) is 0 Å². The number of rotatable bonds is 3. The first-order valence-corrected chi connectivity index (χ1v) is 7.13. The summed E-state index contributed by atoms with van der Waals surface area (Å²) in [7, 11) is 2.28. The van der Waals surface area contributed by atoms with E-state index in [1.54, 1.807) is 0 Å². The van der Waals surface area contributed by atoms with Crippen molar-refractivity contribution >= 4 is 0 Å². The highest BCUT2D eigenvalue weighted by atomic mass is 15.3. The van der Waals surface area contributed by atoms with Crippen LogP contribution in [0.4, 0.5) is 0 Å². The summed E-state index contributed by atoms with van der Waals surface area (Å²) < 4.78 is 0. The van der Waals surface area contributed by atoms with Gasteiger partial charge in [0.2, 0.25) is 0 Å². The summed E-state index contributed by atoms with van der Waals surface area (Å²) in [6.45, 7) is 14.6. The lowest BCUT2D eigenvalue weighted by atomic mass is 9.88. The Bertz CT molecular complexity index is 246. The van der Waals surface area contributed by atoms with Crippen LogP contribution in [0.3, 0.4) is 0 Å². The molecule has 0 radical (unpaired) electrons. The Kier molecular flexibility index (Phi) is 4.11. The predicted octanol–water partition coefficient (Wildman–Crippen LogP) is 1.26. The molecule has 0 aromatic rings. The van der Waals surface area contributed by atoms with Gasteiger partial charge in [-0.2, -0.15) is 0 Å². The van der Waals surface area contributed by atoms with E-state index in [1.165, 1.54) is 45.7 Å². The lowest BCUT2D eigenvalue weighted by Crippen LogP contribution is -2.55. The molecule has 2 atom stereocenters. The SMILES string of the molecule is CC(C)C1CN(CC2(C)CCNC2)CCN1C. The maximum atomic E-state index is 3.51. The molecule has 100 valence electrons. The molecule has 3 heteroatoms. The average Bonchev–Trinajstić information content (AvgIpc) is 2.67. The van der Waals surface area contributed by atoms with Crippen molar-refractivity contribution in [1.82, 2.24) is 15.1 Å². The summed E-state index contributed by atoms with van der Waals surface area (Å²) in [6.07, 6.45) is 1.34. The summed E-state index contributed by atoms with van der Waals surface area (Å²) >= 11 is 0. The molecule has 0 bridgehead atoms. The van der Waals surface area contributed by atoms with Crippen LogP contribution in [0.15, 0.2) is 0 Å². The molecule has 3 nitrogen and oxygen atoms in total. The summed E-state index contributed by atoms with van der Waals surface area (Å²) in [5.74, 6) is 0.761. The van der Waals surface area contributed by atoms with Gasteiger partial charge in [-0.3, -0.25) is 4.90 Å². The van der Waals surface area contributed by atoms with E-state index in [0.717, 1.165) is 12.0 Å². The van der Waals surface area contributed by atoms with Gasteiger partial charge < -0.3 is 10.2 Å². The van der Waals surface area contributed by atoms with Crippen LogP contribution in [0, 0.1) is 11.3 Å². The molecule has 2 saturated heterocycles. The first-order valence-electron chi connectivity index (χ1n) is 7.13. The fourth-order valence-electron chi connectivity index (χ4n) is 3.37. The first-order chi connectivity index (χ1) is 8.00. The third-order valence-electron chi connectivity index (χ3n) is 4.61. The van der Waals surface area contributed by atoms with Crippen LogP contribution in [-0.4, -0.2) is 62.2 Å². The number of likely N-dealkylation sites (N-methyl/N-ethyl adjacent to an activating group) is 1. The second-order valence-corrected chi connectivity index (χ2v) is 6.76.